The fraction of sp³-hybridized carbons (Fsp3) is 0.438. The van der Waals surface area contributed by atoms with E-state index in [0.717, 1.165) is 23.9 Å². The van der Waals surface area contributed by atoms with Crippen LogP contribution >= 0.6 is 0 Å². The summed E-state index contributed by atoms with van der Waals surface area (Å²) in [7, 11) is -3.14. The molecule has 1 saturated carbocycles. The molecule has 0 N–H and O–H groups in total. The van der Waals surface area contributed by atoms with Crippen molar-refractivity contribution < 1.29 is 8.42 Å². The van der Waals surface area contributed by atoms with E-state index in [1.54, 1.807) is 12.1 Å². The van der Waals surface area contributed by atoms with Gasteiger partial charge in [0.05, 0.1) is 4.90 Å². The average molecular weight is 304 g/mol. The van der Waals surface area contributed by atoms with Crippen molar-refractivity contribution in [3.8, 4) is 11.4 Å². The molecule has 0 amide bonds. The molecule has 1 aliphatic rings. The minimum Gasteiger partial charge on any atom is -0.331 e. The molecule has 5 heteroatoms. The van der Waals surface area contributed by atoms with Crippen LogP contribution in [0.3, 0.4) is 0 Å². The molecule has 1 fully saturated rings. The number of rotatable bonds is 4. The fourth-order valence-corrected chi connectivity index (χ4v) is 3.67. The molecule has 3 rings (SSSR count). The van der Waals surface area contributed by atoms with Gasteiger partial charge in [-0.15, -0.1) is 0 Å². The van der Waals surface area contributed by atoms with Crippen molar-refractivity contribution in [2.24, 2.45) is 5.92 Å². The number of nitrogens with zero attached hydrogens (tertiary/aromatic N) is 2. The molecule has 2 aromatic rings. The Morgan fingerprint density at radius 1 is 1.19 bits per heavy atom. The average Bonchev–Trinajstić information content (AvgIpc) is 3.10. The lowest BCUT2D eigenvalue weighted by atomic mass is 10.1. The molecule has 0 radical (unpaired) electrons. The molecule has 0 unspecified atom stereocenters. The highest BCUT2D eigenvalue weighted by Gasteiger charge is 2.17. The second-order valence-electron chi connectivity index (χ2n) is 5.85. The Bertz CT molecular complexity index is 711. The van der Waals surface area contributed by atoms with E-state index in [1.165, 1.54) is 31.9 Å². The first-order chi connectivity index (χ1) is 10.0. The monoisotopic (exact) mass is 304 g/mol. The predicted octanol–water partition coefficient (Wildman–Crippen LogP) is 3.14. The summed E-state index contributed by atoms with van der Waals surface area (Å²) in [6.45, 7) is 1.00. The first kappa shape index (κ1) is 14.3. The second-order valence-corrected chi connectivity index (χ2v) is 7.87. The Morgan fingerprint density at radius 3 is 2.48 bits per heavy atom. The van der Waals surface area contributed by atoms with Gasteiger partial charge in [0.15, 0.2) is 9.84 Å². The molecule has 1 aromatic carbocycles. The fourth-order valence-electron chi connectivity index (χ4n) is 3.04. The number of hydrogen-bond acceptors (Lipinski definition) is 3. The highest BCUT2D eigenvalue weighted by molar-refractivity contribution is 7.90. The summed E-state index contributed by atoms with van der Waals surface area (Å²) < 4.78 is 25.2. The van der Waals surface area contributed by atoms with Crippen LogP contribution in [0, 0.1) is 5.92 Å². The van der Waals surface area contributed by atoms with Crippen molar-refractivity contribution in [2.45, 2.75) is 37.1 Å². The molecule has 0 bridgehead atoms. The quantitative estimate of drug-likeness (QED) is 0.872. The van der Waals surface area contributed by atoms with Crippen LogP contribution in [-0.2, 0) is 16.4 Å². The van der Waals surface area contributed by atoms with E-state index in [9.17, 15) is 8.42 Å². The van der Waals surface area contributed by atoms with Gasteiger partial charge in [0.1, 0.15) is 5.82 Å². The zero-order valence-electron chi connectivity index (χ0n) is 12.2. The maximum Gasteiger partial charge on any atom is 0.175 e. The van der Waals surface area contributed by atoms with Crippen molar-refractivity contribution in [2.75, 3.05) is 6.26 Å². The van der Waals surface area contributed by atoms with Gasteiger partial charge < -0.3 is 4.57 Å². The number of aromatic nitrogens is 2. The van der Waals surface area contributed by atoms with Gasteiger partial charge in [-0.3, -0.25) is 0 Å². The van der Waals surface area contributed by atoms with Crippen molar-refractivity contribution in [3.63, 3.8) is 0 Å². The smallest absolute Gasteiger partial charge is 0.175 e. The van der Waals surface area contributed by atoms with E-state index in [-0.39, 0.29) is 0 Å². The van der Waals surface area contributed by atoms with Crippen LogP contribution in [-0.4, -0.2) is 24.2 Å². The molecule has 1 aliphatic carbocycles. The van der Waals surface area contributed by atoms with Gasteiger partial charge in [-0.05, 0) is 43.0 Å². The first-order valence-electron chi connectivity index (χ1n) is 7.35. The summed E-state index contributed by atoms with van der Waals surface area (Å²) >= 11 is 0. The van der Waals surface area contributed by atoms with Crippen molar-refractivity contribution in [1.82, 2.24) is 9.55 Å². The molecular weight excluding hydrogens is 284 g/mol. The Labute approximate surface area is 125 Å². The Balaban J connectivity index is 1.85. The van der Waals surface area contributed by atoms with Gasteiger partial charge in [-0.1, -0.05) is 12.8 Å². The molecule has 112 valence electrons. The molecule has 0 aliphatic heterocycles. The number of hydrogen-bond donors (Lipinski definition) is 0. The third-order valence-electron chi connectivity index (χ3n) is 4.19. The zero-order valence-corrected chi connectivity index (χ0v) is 13.0. The van der Waals surface area contributed by atoms with Crippen molar-refractivity contribution in [3.05, 3.63) is 36.7 Å². The molecular formula is C16H20N2O2S. The van der Waals surface area contributed by atoms with Gasteiger partial charge in [0.2, 0.25) is 0 Å². The molecule has 1 aromatic heterocycles. The second kappa shape index (κ2) is 5.64. The Kier molecular flexibility index (Phi) is 3.85. The lowest BCUT2D eigenvalue weighted by Crippen LogP contribution is -2.08. The van der Waals surface area contributed by atoms with Gasteiger partial charge in [-0.25, -0.2) is 13.4 Å². The summed E-state index contributed by atoms with van der Waals surface area (Å²) in [5.74, 6) is 1.66. The summed E-state index contributed by atoms with van der Waals surface area (Å²) in [6.07, 6.45) is 10.3. The summed E-state index contributed by atoms with van der Waals surface area (Å²) in [4.78, 5) is 4.78. The SMILES string of the molecule is CS(=O)(=O)c1ccc(-c2nccn2CC2CCCC2)cc1. The van der Waals surface area contributed by atoms with Crippen molar-refractivity contribution >= 4 is 9.84 Å². The maximum atomic E-state index is 11.5. The third kappa shape index (κ3) is 3.18. The van der Waals surface area contributed by atoms with E-state index < -0.39 is 9.84 Å². The van der Waals surface area contributed by atoms with Crippen LogP contribution in [0.5, 0.6) is 0 Å². The van der Waals surface area contributed by atoms with E-state index >= 15 is 0 Å². The summed E-state index contributed by atoms with van der Waals surface area (Å²) in [5.41, 5.74) is 0.963. The summed E-state index contributed by atoms with van der Waals surface area (Å²) in [6, 6.07) is 6.98. The zero-order chi connectivity index (χ0) is 14.9. The van der Waals surface area contributed by atoms with Crippen LogP contribution < -0.4 is 0 Å². The van der Waals surface area contributed by atoms with Crippen LogP contribution in [0.1, 0.15) is 25.7 Å². The highest BCUT2D eigenvalue weighted by Crippen LogP contribution is 2.28. The largest absolute Gasteiger partial charge is 0.331 e. The van der Waals surface area contributed by atoms with Crippen molar-refractivity contribution in [1.29, 1.82) is 0 Å². The lowest BCUT2D eigenvalue weighted by Gasteiger charge is -2.13. The topological polar surface area (TPSA) is 52.0 Å². The van der Waals surface area contributed by atoms with Gasteiger partial charge in [0, 0.05) is 30.8 Å². The number of benzene rings is 1. The normalized spacial score (nSPS) is 16.4. The number of imidazole rings is 1. The Morgan fingerprint density at radius 2 is 1.86 bits per heavy atom. The number of sulfone groups is 1. The molecule has 0 spiro atoms. The molecule has 4 nitrogen and oxygen atoms in total. The minimum atomic E-state index is -3.14. The van der Waals surface area contributed by atoms with E-state index in [0.29, 0.717) is 4.90 Å². The van der Waals surface area contributed by atoms with Crippen LogP contribution in [0.25, 0.3) is 11.4 Å². The molecule has 0 saturated heterocycles. The van der Waals surface area contributed by atoms with Crippen LogP contribution in [0.4, 0.5) is 0 Å². The van der Waals surface area contributed by atoms with Gasteiger partial charge in [0.25, 0.3) is 0 Å². The minimum absolute atomic E-state index is 0.347. The molecule has 0 atom stereocenters. The first-order valence-corrected chi connectivity index (χ1v) is 9.25. The summed E-state index contributed by atoms with van der Waals surface area (Å²) in [5, 5.41) is 0. The maximum absolute atomic E-state index is 11.5. The van der Waals surface area contributed by atoms with Gasteiger partial charge >= 0.3 is 0 Å². The highest BCUT2D eigenvalue weighted by atomic mass is 32.2. The Hall–Kier alpha value is -1.62. The van der Waals surface area contributed by atoms with E-state index in [4.69, 9.17) is 0 Å². The van der Waals surface area contributed by atoms with E-state index in [1.807, 2.05) is 24.5 Å². The standard InChI is InChI=1S/C16H20N2O2S/c1-21(19,20)15-8-6-14(7-9-15)16-17-10-11-18(16)12-13-4-2-3-5-13/h6-11,13H,2-5,12H2,1H3. The van der Waals surface area contributed by atoms with E-state index in [2.05, 4.69) is 9.55 Å². The third-order valence-corrected chi connectivity index (χ3v) is 5.31. The lowest BCUT2D eigenvalue weighted by molar-refractivity contribution is 0.460. The predicted molar refractivity (Wildman–Crippen MR) is 82.7 cm³/mol. The van der Waals surface area contributed by atoms with Gasteiger partial charge in [-0.2, -0.15) is 0 Å². The molecule has 1 heterocycles. The molecule has 21 heavy (non-hydrogen) atoms. The van der Waals surface area contributed by atoms with Crippen LogP contribution in [0.15, 0.2) is 41.6 Å². The van der Waals surface area contributed by atoms with Crippen LogP contribution in [0.2, 0.25) is 0 Å².